The number of hydrogen-bond acceptors (Lipinski definition) is 4. The number of hydrogen-bond donors (Lipinski definition) is 1. The molecule has 0 atom stereocenters. The number of ether oxygens (including phenoxy) is 2. The number of rotatable bonds is 2. The first kappa shape index (κ1) is 8.93. The van der Waals surface area contributed by atoms with Crippen LogP contribution in [-0.2, 0) is 14.3 Å². The standard InChI is InChI=1S/C8H14N2O3/c11-7-5-10(2-1-9-7)6-8-12-3-4-13-8/h8H,1-6H2,(H,9,11). The molecular weight excluding hydrogens is 172 g/mol. The lowest BCUT2D eigenvalue weighted by molar-refractivity contribution is -0.126. The van der Waals surface area contributed by atoms with E-state index in [4.69, 9.17) is 9.47 Å². The Morgan fingerprint density at radius 1 is 1.46 bits per heavy atom. The van der Waals surface area contributed by atoms with Crippen LogP contribution in [0.3, 0.4) is 0 Å². The van der Waals surface area contributed by atoms with E-state index in [0.29, 0.717) is 26.3 Å². The lowest BCUT2D eigenvalue weighted by Crippen LogP contribution is -2.49. The fraction of sp³-hybridized carbons (Fsp3) is 0.875. The molecule has 5 nitrogen and oxygen atoms in total. The zero-order valence-electron chi connectivity index (χ0n) is 7.49. The minimum Gasteiger partial charge on any atom is -0.354 e. The van der Waals surface area contributed by atoms with Gasteiger partial charge in [-0.15, -0.1) is 0 Å². The summed E-state index contributed by atoms with van der Waals surface area (Å²) in [7, 11) is 0. The van der Waals surface area contributed by atoms with Gasteiger partial charge in [0.1, 0.15) is 0 Å². The fourth-order valence-corrected chi connectivity index (χ4v) is 1.57. The summed E-state index contributed by atoms with van der Waals surface area (Å²) < 4.78 is 10.6. The molecular formula is C8H14N2O3. The van der Waals surface area contributed by atoms with Crippen molar-refractivity contribution in [3.8, 4) is 0 Å². The van der Waals surface area contributed by atoms with E-state index in [1.165, 1.54) is 0 Å². The molecule has 2 rings (SSSR count). The highest BCUT2D eigenvalue weighted by Gasteiger charge is 2.23. The lowest BCUT2D eigenvalue weighted by Gasteiger charge is -2.27. The van der Waals surface area contributed by atoms with E-state index in [0.717, 1.165) is 13.1 Å². The monoisotopic (exact) mass is 186 g/mol. The van der Waals surface area contributed by atoms with Crippen molar-refractivity contribution in [1.82, 2.24) is 10.2 Å². The minimum absolute atomic E-state index is 0.0873. The second-order valence-electron chi connectivity index (χ2n) is 3.26. The molecule has 0 aliphatic carbocycles. The van der Waals surface area contributed by atoms with Crippen LogP contribution >= 0.6 is 0 Å². The van der Waals surface area contributed by atoms with Gasteiger partial charge in [0.25, 0.3) is 0 Å². The van der Waals surface area contributed by atoms with Crippen LogP contribution in [0.1, 0.15) is 0 Å². The molecule has 2 aliphatic heterocycles. The van der Waals surface area contributed by atoms with Gasteiger partial charge in [-0.3, -0.25) is 9.69 Å². The van der Waals surface area contributed by atoms with Crippen molar-refractivity contribution in [2.24, 2.45) is 0 Å². The molecule has 0 aromatic carbocycles. The van der Waals surface area contributed by atoms with Gasteiger partial charge in [0.2, 0.25) is 5.91 Å². The predicted octanol–water partition coefficient (Wildman–Crippen LogP) is -1.21. The van der Waals surface area contributed by atoms with Crippen molar-refractivity contribution in [1.29, 1.82) is 0 Å². The van der Waals surface area contributed by atoms with Crippen molar-refractivity contribution >= 4 is 5.91 Å². The van der Waals surface area contributed by atoms with Crippen LogP contribution in [0, 0.1) is 0 Å². The number of carbonyl (C=O) groups is 1. The molecule has 74 valence electrons. The molecule has 5 heteroatoms. The molecule has 0 radical (unpaired) electrons. The van der Waals surface area contributed by atoms with E-state index in [1.54, 1.807) is 0 Å². The second-order valence-corrected chi connectivity index (χ2v) is 3.26. The molecule has 0 aromatic rings. The highest BCUT2D eigenvalue weighted by molar-refractivity contribution is 5.78. The average molecular weight is 186 g/mol. The Hall–Kier alpha value is -0.650. The molecule has 0 spiro atoms. The summed E-state index contributed by atoms with van der Waals surface area (Å²) in [5, 5.41) is 2.77. The molecule has 1 N–H and O–H groups in total. The Kier molecular flexibility index (Phi) is 2.77. The molecule has 0 bridgehead atoms. The van der Waals surface area contributed by atoms with Crippen molar-refractivity contribution in [3.63, 3.8) is 0 Å². The maximum atomic E-state index is 11.0. The van der Waals surface area contributed by atoms with E-state index in [2.05, 4.69) is 10.2 Å². The normalized spacial score (nSPS) is 26.3. The van der Waals surface area contributed by atoms with Crippen molar-refractivity contribution in [2.75, 3.05) is 39.4 Å². The third-order valence-electron chi connectivity index (χ3n) is 2.22. The van der Waals surface area contributed by atoms with Crippen LogP contribution in [0.4, 0.5) is 0 Å². The van der Waals surface area contributed by atoms with Crippen LogP contribution in [0.25, 0.3) is 0 Å². The topological polar surface area (TPSA) is 50.8 Å². The van der Waals surface area contributed by atoms with Crippen molar-refractivity contribution in [3.05, 3.63) is 0 Å². The molecule has 2 fully saturated rings. The zero-order valence-corrected chi connectivity index (χ0v) is 7.49. The zero-order chi connectivity index (χ0) is 9.10. The van der Waals surface area contributed by atoms with E-state index in [-0.39, 0.29) is 12.2 Å². The van der Waals surface area contributed by atoms with Gasteiger partial charge in [0, 0.05) is 13.1 Å². The first-order valence-electron chi connectivity index (χ1n) is 4.57. The summed E-state index contributed by atoms with van der Waals surface area (Å²) in [5.74, 6) is 0.0873. The van der Waals surface area contributed by atoms with Crippen LogP contribution in [-0.4, -0.2) is 56.5 Å². The summed E-state index contributed by atoms with van der Waals surface area (Å²) in [4.78, 5) is 13.1. The lowest BCUT2D eigenvalue weighted by atomic mass is 10.3. The summed E-state index contributed by atoms with van der Waals surface area (Å²) >= 11 is 0. The van der Waals surface area contributed by atoms with E-state index in [9.17, 15) is 4.79 Å². The van der Waals surface area contributed by atoms with Crippen molar-refractivity contribution in [2.45, 2.75) is 6.29 Å². The van der Waals surface area contributed by atoms with E-state index in [1.807, 2.05) is 0 Å². The maximum Gasteiger partial charge on any atom is 0.234 e. The molecule has 2 aliphatic rings. The summed E-state index contributed by atoms with van der Waals surface area (Å²) in [6.07, 6.45) is -0.133. The number of carbonyl (C=O) groups excluding carboxylic acids is 1. The smallest absolute Gasteiger partial charge is 0.234 e. The van der Waals surface area contributed by atoms with Crippen molar-refractivity contribution < 1.29 is 14.3 Å². The number of nitrogens with zero attached hydrogens (tertiary/aromatic N) is 1. The third-order valence-corrected chi connectivity index (χ3v) is 2.22. The van der Waals surface area contributed by atoms with Crippen LogP contribution < -0.4 is 5.32 Å². The predicted molar refractivity (Wildman–Crippen MR) is 45.1 cm³/mol. The van der Waals surface area contributed by atoms with Gasteiger partial charge < -0.3 is 14.8 Å². The molecule has 0 unspecified atom stereocenters. The molecule has 1 amide bonds. The Balaban J connectivity index is 1.76. The highest BCUT2D eigenvalue weighted by atomic mass is 16.7. The fourth-order valence-electron chi connectivity index (χ4n) is 1.57. The quantitative estimate of drug-likeness (QED) is 0.588. The van der Waals surface area contributed by atoms with Gasteiger partial charge in [-0.05, 0) is 0 Å². The van der Waals surface area contributed by atoms with Gasteiger partial charge in [-0.2, -0.15) is 0 Å². The van der Waals surface area contributed by atoms with Gasteiger partial charge in [0.05, 0.1) is 26.3 Å². The second kappa shape index (κ2) is 4.04. The SMILES string of the molecule is O=C1CN(CC2OCCO2)CCN1. The first-order valence-corrected chi connectivity index (χ1v) is 4.57. The van der Waals surface area contributed by atoms with Crippen LogP contribution in [0.5, 0.6) is 0 Å². The number of amides is 1. The van der Waals surface area contributed by atoms with Crippen LogP contribution in [0.15, 0.2) is 0 Å². The third kappa shape index (κ3) is 2.40. The highest BCUT2D eigenvalue weighted by Crippen LogP contribution is 2.06. The summed E-state index contributed by atoms with van der Waals surface area (Å²) in [6, 6.07) is 0. The minimum atomic E-state index is -0.133. The Morgan fingerprint density at radius 2 is 2.23 bits per heavy atom. The van der Waals surface area contributed by atoms with Gasteiger partial charge in [-0.1, -0.05) is 0 Å². The molecule has 2 heterocycles. The first-order chi connectivity index (χ1) is 6.34. The van der Waals surface area contributed by atoms with E-state index < -0.39 is 0 Å². The molecule has 13 heavy (non-hydrogen) atoms. The maximum absolute atomic E-state index is 11.0. The van der Waals surface area contributed by atoms with Gasteiger partial charge >= 0.3 is 0 Å². The van der Waals surface area contributed by atoms with E-state index >= 15 is 0 Å². The average Bonchev–Trinajstić information content (AvgIpc) is 2.57. The Morgan fingerprint density at radius 3 is 2.92 bits per heavy atom. The Labute approximate surface area is 77.0 Å². The molecule has 0 saturated carbocycles. The Bertz CT molecular complexity index is 192. The molecule has 2 saturated heterocycles. The number of nitrogens with one attached hydrogen (secondary N) is 1. The summed E-state index contributed by atoms with van der Waals surface area (Å²) in [6.45, 7) is 4.12. The van der Waals surface area contributed by atoms with Crippen LogP contribution in [0.2, 0.25) is 0 Å². The molecule has 0 aromatic heterocycles. The largest absolute Gasteiger partial charge is 0.354 e. The summed E-state index contributed by atoms with van der Waals surface area (Å²) in [5.41, 5.74) is 0. The van der Waals surface area contributed by atoms with Gasteiger partial charge in [0.15, 0.2) is 6.29 Å². The van der Waals surface area contributed by atoms with Gasteiger partial charge in [-0.25, -0.2) is 0 Å². The number of piperazine rings is 1.